The van der Waals surface area contributed by atoms with E-state index in [4.69, 9.17) is 5.73 Å². The van der Waals surface area contributed by atoms with E-state index >= 15 is 0 Å². The van der Waals surface area contributed by atoms with E-state index in [1.165, 1.54) is 18.4 Å². The molecule has 0 aliphatic carbocycles. The summed E-state index contributed by atoms with van der Waals surface area (Å²) in [6.07, 6.45) is 6.45. The minimum absolute atomic E-state index is 0.761. The van der Waals surface area contributed by atoms with E-state index in [1.807, 2.05) is 35.1 Å². The van der Waals surface area contributed by atoms with Crippen molar-refractivity contribution in [2.75, 3.05) is 5.73 Å². The summed E-state index contributed by atoms with van der Waals surface area (Å²) in [5.74, 6) is 0.761. The molecule has 0 unspecified atom stereocenters. The van der Waals surface area contributed by atoms with Crippen LogP contribution in [0.15, 0.2) is 36.7 Å². The van der Waals surface area contributed by atoms with Crippen LogP contribution < -0.4 is 5.73 Å². The standard InChI is InChI=1S/C15H21N3/c1-12(2)4-3-9-18-11-14(10-17-18)13-5-7-15(16)8-6-13/h5-8,10-12H,3-4,9,16H2,1-2H3. The maximum absolute atomic E-state index is 5.68. The van der Waals surface area contributed by atoms with Crippen LogP contribution in [-0.2, 0) is 6.54 Å². The fraction of sp³-hybridized carbons (Fsp3) is 0.400. The third kappa shape index (κ3) is 3.36. The van der Waals surface area contributed by atoms with E-state index in [2.05, 4.69) is 25.1 Å². The molecule has 0 saturated heterocycles. The van der Waals surface area contributed by atoms with Gasteiger partial charge in [0.2, 0.25) is 0 Å². The molecule has 0 radical (unpaired) electrons. The molecule has 0 atom stereocenters. The van der Waals surface area contributed by atoms with E-state index in [-0.39, 0.29) is 0 Å². The molecule has 1 aromatic carbocycles. The van der Waals surface area contributed by atoms with Crippen molar-refractivity contribution in [1.29, 1.82) is 0 Å². The van der Waals surface area contributed by atoms with Crippen molar-refractivity contribution in [2.45, 2.75) is 33.2 Å². The van der Waals surface area contributed by atoms with Gasteiger partial charge in [0.25, 0.3) is 0 Å². The number of nitrogen functional groups attached to an aromatic ring is 1. The van der Waals surface area contributed by atoms with Crippen LogP contribution in [0.4, 0.5) is 5.69 Å². The third-order valence-electron chi connectivity index (χ3n) is 3.05. The highest BCUT2D eigenvalue weighted by atomic mass is 15.3. The van der Waals surface area contributed by atoms with E-state index in [9.17, 15) is 0 Å². The maximum atomic E-state index is 5.68. The monoisotopic (exact) mass is 243 g/mol. The molecule has 0 aliphatic heterocycles. The first-order valence-corrected chi connectivity index (χ1v) is 6.53. The van der Waals surface area contributed by atoms with Crippen molar-refractivity contribution in [3.05, 3.63) is 36.7 Å². The number of aryl methyl sites for hydroxylation is 1. The lowest BCUT2D eigenvalue weighted by molar-refractivity contribution is 0.490. The summed E-state index contributed by atoms with van der Waals surface area (Å²) >= 11 is 0. The molecule has 3 nitrogen and oxygen atoms in total. The molecule has 0 amide bonds. The minimum Gasteiger partial charge on any atom is -0.399 e. The molecule has 0 aliphatic rings. The third-order valence-corrected chi connectivity index (χ3v) is 3.05. The normalized spacial score (nSPS) is 11.1. The minimum atomic E-state index is 0.761. The lowest BCUT2D eigenvalue weighted by atomic mass is 10.1. The molecular formula is C15H21N3. The van der Waals surface area contributed by atoms with Crippen LogP contribution in [-0.4, -0.2) is 9.78 Å². The molecule has 1 heterocycles. The zero-order valence-electron chi connectivity index (χ0n) is 11.1. The summed E-state index contributed by atoms with van der Waals surface area (Å²) in [6.45, 7) is 5.50. The van der Waals surface area contributed by atoms with Crippen molar-refractivity contribution >= 4 is 5.69 Å². The molecule has 0 spiro atoms. The summed E-state index contributed by atoms with van der Waals surface area (Å²) in [5.41, 5.74) is 8.80. The summed E-state index contributed by atoms with van der Waals surface area (Å²) in [6, 6.07) is 7.91. The molecular weight excluding hydrogens is 222 g/mol. The van der Waals surface area contributed by atoms with Crippen molar-refractivity contribution in [1.82, 2.24) is 9.78 Å². The second-order valence-electron chi connectivity index (χ2n) is 5.15. The highest BCUT2D eigenvalue weighted by Gasteiger charge is 2.02. The lowest BCUT2D eigenvalue weighted by Gasteiger charge is -2.04. The average molecular weight is 243 g/mol. The number of rotatable bonds is 5. The topological polar surface area (TPSA) is 43.8 Å². The Hall–Kier alpha value is -1.77. The molecule has 2 rings (SSSR count). The largest absolute Gasteiger partial charge is 0.399 e. The number of benzene rings is 1. The Morgan fingerprint density at radius 2 is 1.89 bits per heavy atom. The van der Waals surface area contributed by atoms with Crippen LogP contribution in [0.25, 0.3) is 11.1 Å². The van der Waals surface area contributed by atoms with E-state index in [0.29, 0.717) is 0 Å². The second-order valence-corrected chi connectivity index (χ2v) is 5.15. The van der Waals surface area contributed by atoms with Crippen LogP contribution in [0.5, 0.6) is 0 Å². The van der Waals surface area contributed by atoms with Gasteiger partial charge in [-0.05, 0) is 36.5 Å². The molecule has 3 heteroatoms. The molecule has 0 bridgehead atoms. The summed E-state index contributed by atoms with van der Waals surface area (Å²) in [7, 11) is 0. The van der Waals surface area contributed by atoms with Gasteiger partial charge in [0.1, 0.15) is 0 Å². The van der Waals surface area contributed by atoms with Gasteiger partial charge in [-0.2, -0.15) is 5.10 Å². The Bertz CT molecular complexity index is 483. The lowest BCUT2D eigenvalue weighted by Crippen LogP contribution is -1.99. The van der Waals surface area contributed by atoms with Crippen molar-refractivity contribution in [2.24, 2.45) is 5.92 Å². The molecule has 96 valence electrons. The van der Waals surface area contributed by atoms with Gasteiger partial charge in [-0.25, -0.2) is 0 Å². The molecule has 18 heavy (non-hydrogen) atoms. The zero-order valence-corrected chi connectivity index (χ0v) is 11.1. The van der Waals surface area contributed by atoms with Gasteiger partial charge >= 0.3 is 0 Å². The number of hydrogen-bond donors (Lipinski definition) is 1. The highest BCUT2D eigenvalue weighted by molar-refractivity contribution is 5.63. The van der Waals surface area contributed by atoms with Gasteiger partial charge in [-0.3, -0.25) is 4.68 Å². The Labute approximate surface area is 109 Å². The zero-order chi connectivity index (χ0) is 13.0. The van der Waals surface area contributed by atoms with Crippen LogP contribution in [0, 0.1) is 5.92 Å². The van der Waals surface area contributed by atoms with E-state index in [1.54, 1.807) is 0 Å². The maximum Gasteiger partial charge on any atom is 0.0568 e. The number of nitrogens with two attached hydrogens (primary N) is 1. The Balaban J connectivity index is 1.99. The Kier molecular flexibility index (Phi) is 4.03. The smallest absolute Gasteiger partial charge is 0.0568 e. The van der Waals surface area contributed by atoms with Crippen LogP contribution in [0.2, 0.25) is 0 Å². The summed E-state index contributed by atoms with van der Waals surface area (Å²) in [5, 5.41) is 4.40. The number of aromatic nitrogens is 2. The number of anilines is 1. The molecule has 0 fully saturated rings. The van der Waals surface area contributed by atoms with Crippen molar-refractivity contribution in [3.8, 4) is 11.1 Å². The number of hydrogen-bond acceptors (Lipinski definition) is 2. The average Bonchev–Trinajstić information content (AvgIpc) is 2.78. The van der Waals surface area contributed by atoms with Crippen molar-refractivity contribution < 1.29 is 0 Å². The van der Waals surface area contributed by atoms with Crippen LogP contribution in [0.3, 0.4) is 0 Å². The van der Waals surface area contributed by atoms with Gasteiger partial charge < -0.3 is 5.73 Å². The van der Waals surface area contributed by atoms with Gasteiger partial charge in [0.05, 0.1) is 6.20 Å². The predicted octanol–water partition coefficient (Wildman–Crippen LogP) is 3.57. The number of nitrogens with zero attached hydrogens (tertiary/aromatic N) is 2. The van der Waals surface area contributed by atoms with E-state index < -0.39 is 0 Å². The quantitative estimate of drug-likeness (QED) is 0.816. The summed E-state index contributed by atoms with van der Waals surface area (Å²) in [4.78, 5) is 0. The SMILES string of the molecule is CC(C)CCCn1cc(-c2ccc(N)cc2)cn1. The molecule has 1 aromatic heterocycles. The van der Waals surface area contributed by atoms with Gasteiger partial charge in [0, 0.05) is 24.0 Å². The first-order valence-electron chi connectivity index (χ1n) is 6.53. The Morgan fingerprint density at radius 3 is 2.56 bits per heavy atom. The highest BCUT2D eigenvalue weighted by Crippen LogP contribution is 2.19. The molecule has 2 aromatic rings. The first-order chi connectivity index (χ1) is 8.65. The second kappa shape index (κ2) is 5.71. The fourth-order valence-corrected chi connectivity index (χ4v) is 1.97. The molecule has 2 N–H and O–H groups in total. The van der Waals surface area contributed by atoms with Crippen LogP contribution >= 0.6 is 0 Å². The van der Waals surface area contributed by atoms with Crippen molar-refractivity contribution in [3.63, 3.8) is 0 Å². The predicted molar refractivity (Wildman–Crippen MR) is 76.1 cm³/mol. The fourth-order valence-electron chi connectivity index (χ4n) is 1.97. The molecule has 0 saturated carbocycles. The van der Waals surface area contributed by atoms with E-state index in [0.717, 1.165) is 23.7 Å². The summed E-state index contributed by atoms with van der Waals surface area (Å²) < 4.78 is 2.02. The van der Waals surface area contributed by atoms with Gasteiger partial charge in [0.15, 0.2) is 0 Å². The Morgan fingerprint density at radius 1 is 1.17 bits per heavy atom. The van der Waals surface area contributed by atoms with Crippen LogP contribution in [0.1, 0.15) is 26.7 Å². The van der Waals surface area contributed by atoms with Gasteiger partial charge in [-0.1, -0.05) is 26.0 Å². The van der Waals surface area contributed by atoms with Gasteiger partial charge in [-0.15, -0.1) is 0 Å². The first kappa shape index (κ1) is 12.7.